The fourth-order valence-corrected chi connectivity index (χ4v) is 2.71. The van der Waals surface area contributed by atoms with E-state index in [1.807, 2.05) is 25.1 Å². The minimum absolute atomic E-state index is 0.0670. The lowest BCUT2D eigenvalue weighted by atomic mass is 10.0. The third kappa shape index (κ3) is 4.18. The maximum atomic E-state index is 13.5. The predicted octanol–water partition coefficient (Wildman–Crippen LogP) is 4.77. The molecule has 4 heteroatoms. The molecule has 1 heterocycles. The van der Waals surface area contributed by atoms with Crippen LogP contribution in [0.4, 0.5) is 4.39 Å². The van der Waals surface area contributed by atoms with E-state index < -0.39 is 0 Å². The van der Waals surface area contributed by atoms with Gasteiger partial charge in [-0.1, -0.05) is 22.9 Å². The Morgan fingerprint density at radius 3 is 2.70 bits per heavy atom. The Labute approximate surface area is 127 Å². The number of benzene rings is 1. The van der Waals surface area contributed by atoms with Crippen LogP contribution in [0.15, 0.2) is 39.2 Å². The average Bonchev–Trinajstić information content (AvgIpc) is 2.80. The molecule has 0 spiro atoms. The molecular weight excluding hydrogens is 321 g/mol. The molecule has 1 aromatic heterocycles. The van der Waals surface area contributed by atoms with Gasteiger partial charge in [0.25, 0.3) is 0 Å². The Morgan fingerprint density at radius 2 is 2.10 bits per heavy atom. The zero-order valence-electron chi connectivity index (χ0n) is 11.7. The van der Waals surface area contributed by atoms with E-state index in [4.69, 9.17) is 4.42 Å². The van der Waals surface area contributed by atoms with Crippen molar-refractivity contribution in [2.75, 3.05) is 6.54 Å². The van der Waals surface area contributed by atoms with Crippen molar-refractivity contribution in [2.24, 2.45) is 0 Å². The largest absolute Gasteiger partial charge is 0.465 e. The Kier molecular flexibility index (Phi) is 5.38. The molecule has 2 rings (SSSR count). The van der Waals surface area contributed by atoms with E-state index in [9.17, 15) is 4.39 Å². The number of hydrogen-bond donors (Lipinski definition) is 1. The molecule has 2 nitrogen and oxygen atoms in total. The lowest BCUT2D eigenvalue weighted by molar-refractivity contribution is 0.398. The van der Waals surface area contributed by atoms with E-state index in [2.05, 4.69) is 28.2 Å². The van der Waals surface area contributed by atoms with Crippen LogP contribution in [0.2, 0.25) is 0 Å². The molecule has 1 aromatic carbocycles. The first-order chi connectivity index (χ1) is 9.58. The first-order valence-electron chi connectivity index (χ1n) is 6.83. The maximum absolute atomic E-state index is 13.5. The van der Waals surface area contributed by atoms with E-state index >= 15 is 0 Å². The van der Waals surface area contributed by atoms with Crippen LogP contribution in [0.25, 0.3) is 0 Å². The van der Waals surface area contributed by atoms with E-state index in [1.165, 1.54) is 6.07 Å². The second-order valence-corrected chi connectivity index (χ2v) is 5.85. The molecule has 0 aliphatic rings. The molecule has 0 saturated heterocycles. The van der Waals surface area contributed by atoms with Crippen LogP contribution >= 0.6 is 15.9 Å². The number of nitrogens with one attached hydrogen (secondary N) is 1. The van der Waals surface area contributed by atoms with Gasteiger partial charge in [0, 0.05) is 4.47 Å². The molecule has 108 valence electrons. The highest BCUT2D eigenvalue weighted by atomic mass is 79.9. The summed E-state index contributed by atoms with van der Waals surface area (Å²) in [4.78, 5) is 0. The summed E-state index contributed by atoms with van der Waals surface area (Å²) in [5.74, 6) is 1.57. The van der Waals surface area contributed by atoms with Gasteiger partial charge in [-0.05, 0) is 62.2 Å². The molecule has 1 N–H and O–H groups in total. The van der Waals surface area contributed by atoms with Crippen LogP contribution in [0.5, 0.6) is 0 Å². The molecule has 2 aromatic rings. The summed E-state index contributed by atoms with van der Waals surface area (Å²) in [5, 5.41) is 3.45. The highest BCUT2D eigenvalue weighted by molar-refractivity contribution is 9.10. The quantitative estimate of drug-likeness (QED) is 0.819. The Morgan fingerprint density at radius 1 is 1.30 bits per heavy atom. The van der Waals surface area contributed by atoms with Gasteiger partial charge in [-0.2, -0.15) is 0 Å². The lowest BCUT2D eigenvalue weighted by Crippen LogP contribution is -2.23. The molecule has 1 atom stereocenters. The summed E-state index contributed by atoms with van der Waals surface area (Å²) < 4.78 is 19.9. The summed E-state index contributed by atoms with van der Waals surface area (Å²) >= 11 is 3.33. The number of aryl methyl sites for hydroxylation is 1. The molecule has 0 saturated carbocycles. The molecule has 0 aliphatic carbocycles. The van der Waals surface area contributed by atoms with Gasteiger partial charge in [0.15, 0.2) is 0 Å². The van der Waals surface area contributed by atoms with Crippen molar-refractivity contribution in [3.05, 3.63) is 57.7 Å². The van der Waals surface area contributed by atoms with Gasteiger partial charge in [-0.15, -0.1) is 0 Å². The fourth-order valence-electron chi connectivity index (χ4n) is 2.20. The summed E-state index contributed by atoms with van der Waals surface area (Å²) in [7, 11) is 0. The van der Waals surface area contributed by atoms with Crippen LogP contribution < -0.4 is 5.32 Å². The van der Waals surface area contributed by atoms with Crippen molar-refractivity contribution in [3.63, 3.8) is 0 Å². The third-order valence-electron chi connectivity index (χ3n) is 3.11. The van der Waals surface area contributed by atoms with Crippen LogP contribution in [0, 0.1) is 12.7 Å². The van der Waals surface area contributed by atoms with Crippen LogP contribution in [-0.2, 0) is 6.42 Å². The smallest absolute Gasteiger partial charge is 0.124 e. The van der Waals surface area contributed by atoms with Crippen molar-refractivity contribution in [2.45, 2.75) is 32.7 Å². The number of halogens is 2. The van der Waals surface area contributed by atoms with E-state index in [0.717, 1.165) is 34.5 Å². The molecule has 0 radical (unpaired) electrons. The Hall–Kier alpha value is -1.13. The monoisotopic (exact) mass is 339 g/mol. The minimum atomic E-state index is -0.223. The standard InChI is InChI=1S/C16H19BrFNO/c1-3-6-19-15(16-5-4-11(2)20-16)9-12-7-13(17)10-14(18)8-12/h4-5,7-8,10,15,19H,3,6,9H2,1-2H3. The normalized spacial score (nSPS) is 12.6. The van der Waals surface area contributed by atoms with Crippen molar-refractivity contribution in [1.29, 1.82) is 0 Å². The number of rotatable bonds is 6. The summed E-state index contributed by atoms with van der Waals surface area (Å²) in [6, 6.07) is 8.99. The molecule has 20 heavy (non-hydrogen) atoms. The van der Waals surface area contributed by atoms with Crippen molar-refractivity contribution in [1.82, 2.24) is 5.32 Å². The fraction of sp³-hybridized carbons (Fsp3) is 0.375. The second kappa shape index (κ2) is 7.04. The average molecular weight is 340 g/mol. The first kappa shape index (κ1) is 15.3. The van der Waals surface area contributed by atoms with Crippen LogP contribution in [0.1, 0.15) is 36.5 Å². The number of hydrogen-bond acceptors (Lipinski definition) is 2. The van der Waals surface area contributed by atoms with Gasteiger partial charge < -0.3 is 9.73 Å². The molecule has 1 unspecified atom stereocenters. The lowest BCUT2D eigenvalue weighted by Gasteiger charge is -2.16. The zero-order chi connectivity index (χ0) is 14.5. The van der Waals surface area contributed by atoms with E-state index in [0.29, 0.717) is 6.42 Å². The maximum Gasteiger partial charge on any atom is 0.124 e. The Bertz CT molecular complexity index is 547. The summed E-state index contributed by atoms with van der Waals surface area (Å²) in [6.07, 6.45) is 1.74. The minimum Gasteiger partial charge on any atom is -0.465 e. The zero-order valence-corrected chi connectivity index (χ0v) is 13.3. The van der Waals surface area contributed by atoms with Crippen molar-refractivity contribution < 1.29 is 8.81 Å². The van der Waals surface area contributed by atoms with Gasteiger partial charge in [0.1, 0.15) is 17.3 Å². The molecular formula is C16H19BrFNO. The van der Waals surface area contributed by atoms with Crippen LogP contribution in [-0.4, -0.2) is 6.54 Å². The Balaban J connectivity index is 2.18. The molecule has 0 amide bonds. The molecule has 0 aliphatic heterocycles. The van der Waals surface area contributed by atoms with Gasteiger partial charge in [0.05, 0.1) is 6.04 Å². The van der Waals surface area contributed by atoms with E-state index in [-0.39, 0.29) is 11.9 Å². The molecule has 0 bridgehead atoms. The van der Waals surface area contributed by atoms with Crippen molar-refractivity contribution >= 4 is 15.9 Å². The van der Waals surface area contributed by atoms with Gasteiger partial charge >= 0.3 is 0 Å². The SMILES string of the molecule is CCCNC(Cc1cc(F)cc(Br)c1)c1ccc(C)o1. The third-order valence-corrected chi connectivity index (χ3v) is 3.57. The van der Waals surface area contributed by atoms with Gasteiger partial charge in [-0.25, -0.2) is 4.39 Å². The van der Waals surface area contributed by atoms with E-state index in [1.54, 1.807) is 6.07 Å². The summed E-state index contributed by atoms with van der Waals surface area (Å²) in [5.41, 5.74) is 0.944. The highest BCUT2D eigenvalue weighted by Gasteiger charge is 2.15. The van der Waals surface area contributed by atoms with Crippen LogP contribution in [0.3, 0.4) is 0 Å². The second-order valence-electron chi connectivity index (χ2n) is 4.94. The first-order valence-corrected chi connectivity index (χ1v) is 7.62. The highest BCUT2D eigenvalue weighted by Crippen LogP contribution is 2.23. The number of furan rings is 1. The summed E-state index contributed by atoms with van der Waals surface area (Å²) in [6.45, 7) is 4.95. The van der Waals surface area contributed by atoms with Crippen molar-refractivity contribution in [3.8, 4) is 0 Å². The van der Waals surface area contributed by atoms with Gasteiger partial charge in [-0.3, -0.25) is 0 Å². The predicted molar refractivity (Wildman–Crippen MR) is 82.3 cm³/mol. The van der Waals surface area contributed by atoms with Gasteiger partial charge in [0.2, 0.25) is 0 Å². The molecule has 0 fully saturated rings. The topological polar surface area (TPSA) is 25.2 Å².